The Kier molecular flexibility index (Phi) is 4.52. The highest BCUT2D eigenvalue weighted by molar-refractivity contribution is 5.81. The van der Waals surface area contributed by atoms with Crippen LogP contribution in [0.3, 0.4) is 0 Å². The molecule has 2 N–H and O–H groups in total. The van der Waals surface area contributed by atoms with Crippen LogP contribution in [0.2, 0.25) is 0 Å². The number of aromatic nitrogens is 1. The average molecular weight is 314 g/mol. The molecule has 1 fully saturated rings. The number of hydrogen-bond donors (Lipinski definition) is 1. The Morgan fingerprint density at radius 2 is 1.65 bits per heavy atom. The van der Waals surface area contributed by atoms with Gasteiger partial charge in [0.05, 0.1) is 0 Å². The van der Waals surface area contributed by atoms with Crippen LogP contribution in [0, 0.1) is 5.82 Å². The molecule has 1 aliphatic rings. The van der Waals surface area contributed by atoms with Gasteiger partial charge in [-0.15, -0.1) is 0 Å². The molecular formula is C17H19FN4O. The Morgan fingerprint density at radius 3 is 2.22 bits per heavy atom. The molecule has 6 heteroatoms. The van der Waals surface area contributed by atoms with Gasteiger partial charge in [0.15, 0.2) is 0 Å². The minimum absolute atomic E-state index is 0.320. The number of amides is 1. The summed E-state index contributed by atoms with van der Waals surface area (Å²) in [6, 6.07) is 9.40. The quantitative estimate of drug-likeness (QED) is 0.930. The Balaban J connectivity index is 1.71. The lowest BCUT2D eigenvalue weighted by Crippen LogP contribution is -2.50. The van der Waals surface area contributed by atoms with E-state index in [2.05, 4.69) is 9.88 Å². The molecule has 5 nitrogen and oxygen atoms in total. The first-order valence-electron chi connectivity index (χ1n) is 7.59. The van der Waals surface area contributed by atoms with Crippen molar-refractivity contribution in [2.45, 2.75) is 6.04 Å². The molecule has 0 bridgehead atoms. The van der Waals surface area contributed by atoms with Crippen LogP contribution in [0.1, 0.15) is 11.6 Å². The minimum atomic E-state index is -0.518. The summed E-state index contributed by atoms with van der Waals surface area (Å²) in [7, 11) is 0. The lowest BCUT2D eigenvalue weighted by Gasteiger charge is -2.39. The number of pyridine rings is 1. The van der Waals surface area contributed by atoms with Gasteiger partial charge >= 0.3 is 0 Å². The molecule has 120 valence electrons. The molecule has 1 saturated heterocycles. The first-order valence-corrected chi connectivity index (χ1v) is 7.59. The van der Waals surface area contributed by atoms with Gasteiger partial charge in [-0.25, -0.2) is 4.39 Å². The molecule has 3 rings (SSSR count). The standard InChI is InChI=1S/C17H19FN4O/c18-14-3-1-13(2-4-14)16(17(19)23)22-11-9-21(10-12-22)15-5-7-20-8-6-15/h1-8,16H,9-12H2,(H2,19,23)/t16-/m0/s1. The van der Waals surface area contributed by atoms with Crippen LogP contribution in [0.5, 0.6) is 0 Å². The first kappa shape index (κ1) is 15.4. The van der Waals surface area contributed by atoms with Crippen LogP contribution < -0.4 is 10.6 Å². The lowest BCUT2D eigenvalue weighted by molar-refractivity contribution is -0.123. The third kappa shape index (κ3) is 3.48. The second kappa shape index (κ2) is 6.75. The SMILES string of the molecule is NC(=O)[C@H](c1ccc(F)cc1)N1CCN(c2ccncc2)CC1. The second-order valence-electron chi connectivity index (χ2n) is 5.58. The molecule has 2 heterocycles. The van der Waals surface area contributed by atoms with Gasteiger partial charge in [0.25, 0.3) is 0 Å². The van der Waals surface area contributed by atoms with Crippen molar-refractivity contribution in [2.24, 2.45) is 5.73 Å². The molecule has 1 aliphatic heterocycles. The third-order valence-corrected chi connectivity index (χ3v) is 4.16. The lowest BCUT2D eigenvalue weighted by atomic mass is 10.0. The van der Waals surface area contributed by atoms with E-state index in [-0.39, 0.29) is 5.82 Å². The first-order chi connectivity index (χ1) is 11.1. The van der Waals surface area contributed by atoms with Crippen molar-refractivity contribution in [3.8, 4) is 0 Å². The smallest absolute Gasteiger partial charge is 0.239 e. The van der Waals surface area contributed by atoms with Crippen LogP contribution in [0.15, 0.2) is 48.8 Å². The largest absolute Gasteiger partial charge is 0.369 e. The molecule has 1 amide bonds. The summed E-state index contributed by atoms with van der Waals surface area (Å²) in [6.45, 7) is 3.03. The Hall–Kier alpha value is -2.47. The van der Waals surface area contributed by atoms with Crippen LogP contribution in [-0.2, 0) is 4.79 Å². The molecule has 0 unspecified atom stereocenters. The van der Waals surface area contributed by atoms with Gasteiger partial charge in [0.2, 0.25) is 5.91 Å². The van der Waals surface area contributed by atoms with Crippen molar-refractivity contribution in [3.63, 3.8) is 0 Å². The number of hydrogen-bond acceptors (Lipinski definition) is 4. The molecule has 0 radical (unpaired) electrons. The van der Waals surface area contributed by atoms with Gasteiger partial charge in [0, 0.05) is 44.3 Å². The minimum Gasteiger partial charge on any atom is -0.369 e. The summed E-state index contributed by atoms with van der Waals surface area (Å²) in [5.41, 5.74) is 7.44. The van der Waals surface area contributed by atoms with Gasteiger partial charge in [-0.05, 0) is 29.8 Å². The average Bonchev–Trinajstić information content (AvgIpc) is 2.58. The number of rotatable bonds is 4. The Bertz CT molecular complexity index is 654. The zero-order chi connectivity index (χ0) is 16.2. The van der Waals surface area contributed by atoms with Crippen molar-refractivity contribution in [1.82, 2.24) is 9.88 Å². The molecule has 2 aromatic rings. The number of carbonyl (C=O) groups excluding carboxylic acids is 1. The predicted octanol–water partition coefficient (Wildman–Crippen LogP) is 1.57. The summed E-state index contributed by atoms with van der Waals surface area (Å²) in [4.78, 5) is 20.2. The topological polar surface area (TPSA) is 62.5 Å². The highest BCUT2D eigenvalue weighted by atomic mass is 19.1. The van der Waals surface area contributed by atoms with E-state index in [0.717, 1.165) is 24.3 Å². The van der Waals surface area contributed by atoms with Gasteiger partial charge in [-0.3, -0.25) is 14.7 Å². The van der Waals surface area contributed by atoms with Crippen molar-refractivity contribution in [3.05, 3.63) is 60.2 Å². The normalized spacial score (nSPS) is 17.0. The van der Waals surface area contributed by atoms with Gasteiger partial charge < -0.3 is 10.6 Å². The summed E-state index contributed by atoms with van der Waals surface area (Å²) in [5, 5.41) is 0. The van der Waals surface area contributed by atoms with E-state index >= 15 is 0 Å². The van der Waals surface area contributed by atoms with Crippen molar-refractivity contribution in [1.29, 1.82) is 0 Å². The van der Waals surface area contributed by atoms with Gasteiger partial charge in [-0.1, -0.05) is 12.1 Å². The summed E-state index contributed by atoms with van der Waals surface area (Å²) >= 11 is 0. The number of piperazine rings is 1. The number of benzene rings is 1. The van der Waals surface area contributed by atoms with Crippen LogP contribution in [0.25, 0.3) is 0 Å². The van der Waals surface area contributed by atoms with Crippen LogP contribution in [0.4, 0.5) is 10.1 Å². The fourth-order valence-electron chi connectivity index (χ4n) is 2.99. The van der Waals surface area contributed by atoms with Crippen molar-refractivity contribution >= 4 is 11.6 Å². The van der Waals surface area contributed by atoms with Crippen LogP contribution in [-0.4, -0.2) is 42.0 Å². The number of primary amides is 1. The van der Waals surface area contributed by atoms with E-state index in [0.29, 0.717) is 13.1 Å². The predicted molar refractivity (Wildman–Crippen MR) is 86.4 cm³/mol. The molecule has 0 spiro atoms. The molecule has 1 aromatic carbocycles. The van der Waals surface area contributed by atoms with E-state index < -0.39 is 11.9 Å². The molecule has 0 saturated carbocycles. The number of nitrogens with zero attached hydrogens (tertiary/aromatic N) is 3. The molecular weight excluding hydrogens is 295 g/mol. The van der Waals surface area contributed by atoms with E-state index in [1.165, 1.54) is 12.1 Å². The zero-order valence-corrected chi connectivity index (χ0v) is 12.7. The van der Waals surface area contributed by atoms with E-state index in [9.17, 15) is 9.18 Å². The third-order valence-electron chi connectivity index (χ3n) is 4.16. The molecule has 1 aromatic heterocycles. The molecule has 0 aliphatic carbocycles. The zero-order valence-electron chi connectivity index (χ0n) is 12.7. The number of carbonyl (C=O) groups is 1. The van der Waals surface area contributed by atoms with Crippen molar-refractivity contribution in [2.75, 3.05) is 31.1 Å². The van der Waals surface area contributed by atoms with E-state index in [4.69, 9.17) is 5.73 Å². The number of halogens is 1. The summed E-state index contributed by atoms with van der Waals surface area (Å²) in [6.07, 6.45) is 3.54. The number of nitrogens with two attached hydrogens (primary N) is 1. The maximum atomic E-state index is 13.1. The van der Waals surface area contributed by atoms with Crippen molar-refractivity contribution < 1.29 is 9.18 Å². The van der Waals surface area contributed by atoms with Gasteiger partial charge in [-0.2, -0.15) is 0 Å². The van der Waals surface area contributed by atoms with Gasteiger partial charge in [0.1, 0.15) is 11.9 Å². The van der Waals surface area contributed by atoms with E-state index in [1.54, 1.807) is 24.5 Å². The summed E-state index contributed by atoms with van der Waals surface area (Å²) < 4.78 is 13.1. The molecule has 1 atom stereocenters. The molecule has 23 heavy (non-hydrogen) atoms. The summed E-state index contributed by atoms with van der Waals surface area (Å²) in [5.74, 6) is -0.728. The van der Waals surface area contributed by atoms with Crippen LogP contribution >= 0.6 is 0 Å². The van der Waals surface area contributed by atoms with E-state index in [1.807, 2.05) is 17.0 Å². The highest BCUT2D eigenvalue weighted by Gasteiger charge is 2.29. The highest BCUT2D eigenvalue weighted by Crippen LogP contribution is 2.24. The maximum absolute atomic E-state index is 13.1. The Morgan fingerprint density at radius 1 is 1.04 bits per heavy atom. The monoisotopic (exact) mass is 314 g/mol. The fourth-order valence-corrected chi connectivity index (χ4v) is 2.99. The fraction of sp³-hybridized carbons (Fsp3) is 0.294. The number of anilines is 1. The Labute approximate surface area is 134 Å². The maximum Gasteiger partial charge on any atom is 0.239 e. The second-order valence-corrected chi connectivity index (χ2v) is 5.58.